The minimum absolute atomic E-state index is 1.14. The fourth-order valence-electron chi connectivity index (χ4n) is 22.1. The molecule has 0 aromatic heterocycles. The van der Waals surface area contributed by atoms with E-state index in [0.717, 1.165) is 82.9 Å². The third-order valence-corrected chi connectivity index (χ3v) is 27.2. The van der Waals surface area contributed by atoms with E-state index in [0.29, 0.717) is 0 Å². The molecule has 0 saturated heterocycles. The van der Waals surface area contributed by atoms with Crippen molar-refractivity contribution in [2.45, 2.75) is 379 Å². The molecule has 18 bridgehead atoms. The second-order valence-electron chi connectivity index (χ2n) is 33.0. The van der Waals surface area contributed by atoms with Crippen molar-refractivity contribution < 1.29 is 0 Å². The van der Waals surface area contributed by atoms with E-state index in [1.165, 1.54) is 107 Å². The normalized spacial score (nSPS) is 43.6. The molecular formula is C77H136. The van der Waals surface area contributed by atoms with Gasteiger partial charge in [0.25, 0.3) is 0 Å². The van der Waals surface area contributed by atoms with Crippen LogP contribution < -0.4 is 0 Å². The van der Waals surface area contributed by atoms with Gasteiger partial charge in [-0.15, -0.1) is 0 Å². The van der Waals surface area contributed by atoms with E-state index in [1.54, 1.807) is 295 Å². The minimum atomic E-state index is 1.14. The fraction of sp³-hybridized carbons (Fsp3) is 1.00. The molecule has 0 radical (unpaired) electrons. The summed E-state index contributed by atoms with van der Waals surface area (Å²) < 4.78 is 0. The highest BCUT2D eigenvalue weighted by atomic mass is 14.4. The predicted molar refractivity (Wildman–Crippen MR) is 335 cm³/mol. The molecule has 0 heteroatoms. The highest BCUT2D eigenvalue weighted by molar-refractivity contribution is 4.86. The summed E-state index contributed by atoms with van der Waals surface area (Å²) in [5, 5.41) is 0. The number of fused-ring (bicyclic) bond motifs is 22. The Morgan fingerprint density at radius 3 is 0.351 bits per heavy atom. The van der Waals surface area contributed by atoms with E-state index in [4.69, 9.17) is 0 Å². The lowest BCUT2D eigenvalue weighted by Gasteiger charge is -2.40. The molecule has 8 atom stereocenters. The first-order valence-electron chi connectivity index (χ1n) is 38.0. The van der Waals surface area contributed by atoms with E-state index in [9.17, 15) is 0 Å². The summed E-state index contributed by atoms with van der Waals surface area (Å²) in [6.45, 7) is 0. The lowest BCUT2D eigenvalue weighted by Crippen LogP contribution is -2.28. The first kappa shape index (κ1) is 60.1. The van der Waals surface area contributed by atoms with Crippen molar-refractivity contribution in [3.05, 3.63) is 0 Å². The quantitative estimate of drug-likeness (QED) is 0.227. The molecule has 8 unspecified atom stereocenters. The van der Waals surface area contributed by atoms with Crippen LogP contribution in [0.15, 0.2) is 0 Å². The van der Waals surface area contributed by atoms with Gasteiger partial charge >= 0.3 is 0 Å². The fourth-order valence-corrected chi connectivity index (χ4v) is 22.1. The van der Waals surface area contributed by atoms with Crippen LogP contribution in [0, 0.1) is 107 Å². The third-order valence-electron chi connectivity index (χ3n) is 27.2. The van der Waals surface area contributed by atoms with Gasteiger partial charge in [-0.3, -0.25) is 0 Å². The van der Waals surface area contributed by atoms with Gasteiger partial charge in [-0.25, -0.2) is 0 Å². The van der Waals surface area contributed by atoms with Crippen molar-refractivity contribution in [1.29, 1.82) is 0 Å². The van der Waals surface area contributed by atoms with Gasteiger partial charge in [0.1, 0.15) is 0 Å². The molecule has 0 aliphatic heterocycles. The SMILES string of the molecule is C1CC2CC(C1)C2.C1CC2CCC(C1)C2.C1CC2CCC1C2.C1CC2CCC1CC2.C1CC2CCCC(C1)C2.C1CCC2CCC(C1)C2.C1CCC2CCC(C1)C2.C1CCC2CCC(C1)CC2.C1CCC2CCCC(C1)C2. The molecule has 21 fully saturated rings. The van der Waals surface area contributed by atoms with Crippen LogP contribution in [0.1, 0.15) is 379 Å². The number of hydrogen-bond donors (Lipinski definition) is 0. The van der Waals surface area contributed by atoms with Crippen molar-refractivity contribution in [3.8, 4) is 0 Å². The van der Waals surface area contributed by atoms with Crippen LogP contribution in [-0.4, -0.2) is 0 Å². The molecule has 21 aliphatic rings. The predicted octanol–water partition coefficient (Wildman–Crippen LogP) is 25.2. The molecule has 0 aromatic carbocycles. The molecule has 444 valence electrons. The second-order valence-corrected chi connectivity index (χ2v) is 33.0. The van der Waals surface area contributed by atoms with Gasteiger partial charge in [0.15, 0.2) is 0 Å². The molecule has 0 aromatic rings. The third kappa shape index (κ3) is 21.2. The molecule has 0 nitrogen and oxygen atoms in total. The Kier molecular flexibility index (Phi) is 26.1. The highest BCUT2D eigenvalue weighted by Gasteiger charge is 2.34. The molecule has 21 saturated carbocycles. The van der Waals surface area contributed by atoms with Gasteiger partial charge in [0.2, 0.25) is 0 Å². The van der Waals surface area contributed by atoms with Crippen LogP contribution in [-0.2, 0) is 0 Å². The zero-order valence-corrected chi connectivity index (χ0v) is 52.1. The lowest BCUT2D eigenvalue weighted by atomic mass is 9.65. The zero-order chi connectivity index (χ0) is 52.1. The Hall–Kier alpha value is 0. The molecule has 21 aliphatic carbocycles. The summed E-state index contributed by atoms with van der Waals surface area (Å²) in [7, 11) is 0. The smallest absolute Gasteiger partial charge is 0.0409 e. The van der Waals surface area contributed by atoms with Crippen LogP contribution in [0.25, 0.3) is 0 Å². The van der Waals surface area contributed by atoms with E-state index >= 15 is 0 Å². The molecule has 21 rings (SSSR count). The van der Waals surface area contributed by atoms with Gasteiger partial charge in [0.05, 0.1) is 0 Å². The summed E-state index contributed by atoms with van der Waals surface area (Å²) in [6, 6.07) is 0. The minimum Gasteiger partial charge on any atom is -0.0530 e. The average molecular weight is 1060 g/mol. The average Bonchev–Trinajstić information content (AvgIpc) is 4.30. The summed E-state index contributed by atoms with van der Waals surface area (Å²) in [6.07, 6.45) is 91.7. The zero-order valence-electron chi connectivity index (χ0n) is 52.1. The topological polar surface area (TPSA) is 0 Å². The van der Waals surface area contributed by atoms with Crippen LogP contribution in [0.4, 0.5) is 0 Å². The summed E-state index contributed by atoms with van der Waals surface area (Å²) >= 11 is 0. The van der Waals surface area contributed by atoms with Crippen molar-refractivity contribution in [2.75, 3.05) is 0 Å². The Morgan fingerprint density at radius 2 is 0.182 bits per heavy atom. The molecule has 0 amide bonds. The summed E-state index contributed by atoms with van der Waals surface area (Å²) in [4.78, 5) is 0. The summed E-state index contributed by atoms with van der Waals surface area (Å²) in [5.41, 5.74) is 0. The maximum absolute atomic E-state index is 1.58. The van der Waals surface area contributed by atoms with Gasteiger partial charge < -0.3 is 0 Å². The van der Waals surface area contributed by atoms with E-state index in [-0.39, 0.29) is 0 Å². The van der Waals surface area contributed by atoms with Crippen LogP contribution in [0.3, 0.4) is 0 Å². The van der Waals surface area contributed by atoms with Gasteiger partial charge in [0, 0.05) is 0 Å². The van der Waals surface area contributed by atoms with Crippen LogP contribution in [0.2, 0.25) is 0 Å². The largest absolute Gasteiger partial charge is 0.0530 e. The maximum atomic E-state index is 1.58. The Bertz CT molecular complexity index is 1320. The van der Waals surface area contributed by atoms with Gasteiger partial charge in [-0.2, -0.15) is 0 Å². The first-order valence-corrected chi connectivity index (χ1v) is 38.0. The van der Waals surface area contributed by atoms with Crippen LogP contribution >= 0.6 is 0 Å². The Balaban J connectivity index is 0.0000000984. The molecular weight excluding hydrogens is 925 g/mol. The first-order chi connectivity index (χ1) is 38.0. The highest BCUT2D eigenvalue weighted by Crippen LogP contribution is 2.47. The standard InChI is InChI=1S/2C10H18.3C9H16.2C8H14.2C7H12/c1-2-5-10-7-3-6-9(4-1)8-10;1-2-4-10-7-5-9(3-1)6-8-10;1-3-8-5-2-6-9(4-1)7-8;2*1-2-4-9-6-5-8(3-1)7-9;1-2-8-5-3-7(1)4-6-8;1-2-7-4-5-8(3-1)6-7;1-2-7-4-3-6(1)5-7;1-2-6-4-7(3-1)5-6/h2*9-10H,1-8H2;3*8-9H,1-7H2;2*7-8H,1-6H2;2*6-7H,1-5H2. The monoisotopic (exact) mass is 1060 g/mol. The molecule has 0 spiro atoms. The maximum Gasteiger partial charge on any atom is -0.0409 e. The van der Waals surface area contributed by atoms with Gasteiger partial charge in [-0.05, 0) is 158 Å². The Labute approximate surface area is 482 Å². The second kappa shape index (κ2) is 33.5. The van der Waals surface area contributed by atoms with E-state index in [2.05, 4.69) is 0 Å². The number of hydrogen-bond acceptors (Lipinski definition) is 0. The molecule has 77 heavy (non-hydrogen) atoms. The Morgan fingerprint density at radius 1 is 0.0779 bits per heavy atom. The van der Waals surface area contributed by atoms with Crippen molar-refractivity contribution in [2.24, 2.45) is 107 Å². The van der Waals surface area contributed by atoms with Crippen LogP contribution in [0.5, 0.6) is 0 Å². The van der Waals surface area contributed by atoms with E-state index < -0.39 is 0 Å². The van der Waals surface area contributed by atoms with Crippen molar-refractivity contribution in [1.82, 2.24) is 0 Å². The molecule has 0 N–H and O–H groups in total. The molecule has 0 heterocycles. The van der Waals surface area contributed by atoms with Gasteiger partial charge in [-0.1, -0.05) is 327 Å². The van der Waals surface area contributed by atoms with Crippen molar-refractivity contribution in [3.63, 3.8) is 0 Å². The summed E-state index contributed by atoms with van der Waals surface area (Å²) in [5.74, 6) is 20.8. The number of rotatable bonds is 0. The van der Waals surface area contributed by atoms with Crippen molar-refractivity contribution >= 4 is 0 Å². The van der Waals surface area contributed by atoms with E-state index in [1.807, 2.05) is 0 Å². The lowest BCUT2D eigenvalue weighted by molar-refractivity contribution is 0.116.